The van der Waals surface area contributed by atoms with Crippen LogP contribution in [0.2, 0.25) is 0 Å². The molecule has 0 aliphatic carbocycles. The highest BCUT2D eigenvalue weighted by Gasteiger charge is 1.94. The number of rotatable bonds is 8. The van der Waals surface area contributed by atoms with E-state index in [-0.39, 0.29) is 5.82 Å². The summed E-state index contributed by atoms with van der Waals surface area (Å²) in [5, 5.41) is 3.11. The van der Waals surface area contributed by atoms with Crippen molar-refractivity contribution in [3.8, 4) is 0 Å². The first-order valence-electron chi connectivity index (χ1n) is 5.90. The molecule has 0 unspecified atom stereocenters. The molecule has 0 amide bonds. The summed E-state index contributed by atoms with van der Waals surface area (Å²) in [6.45, 7) is 4.37. The molecule has 2 nitrogen and oxygen atoms in total. The van der Waals surface area contributed by atoms with Crippen LogP contribution in [0, 0.1) is 5.82 Å². The highest BCUT2D eigenvalue weighted by Crippen LogP contribution is 2.08. The molecule has 16 heavy (non-hydrogen) atoms. The quantitative estimate of drug-likeness (QED) is 0.684. The van der Waals surface area contributed by atoms with Gasteiger partial charge in [-0.05, 0) is 24.6 Å². The topological polar surface area (TPSA) is 21.3 Å². The first-order chi connectivity index (χ1) is 7.83. The monoisotopic (exact) mass is 225 g/mol. The number of hydrogen-bond acceptors (Lipinski definition) is 2. The second-order valence-corrected chi connectivity index (χ2v) is 3.76. The second-order valence-electron chi connectivity index (χ2n) is 3.76. The highest BCUT2D eigenvalue weighted by atomic mass is 19.1. The Morgan fingerprint density at radius 2 is 2.12 bits per heavy atom. The predicted octanol–water partition coefficient (Wildman–Crippen LogP) is 3.44. The molecule has 0 spiro atoms. The fraction of sp³-hybridized carbons (Fsp3) is 0.538. The third-order valence-corrected chi connectivity index (χ3v) is 2.29. The molecule has 90 valence electrons. The van der Waals surface area contributed by atoms with E-state index in [1.165, 1.54) is 25.0 Å². The summed E-state index contributed by atoms with van der Waals surface area (Å²) in [7, 11) is 0. The third-order valence-electron chi connectivity index (χ3n) is 2.29. The van der Waals surface area contributed by atoms with Crippen LogP contribution in [0.5, 0.6) is 0 Å². The van der Waals surface area contributed by atoms with Crippen LogP contribution in [0.1, 0.15) is 26.2 Å². The molecule has 0 bridgehead atoms. The summed E-state index contributed by atoms with van der Waals surface area (Å²) in [5.41, 5.74) is 0.803. The fourth-order valence-electron chi connectivity index (χ4n) is 1.42. The molecular formula is C13H20FNO. The van der Waals surface area contributed by atoms with Gasteiger partial charge in [0.2, 0.25) is 0 Å². The van der Waals surface area contributed by atoms with Gasteiger partial charge >= 0.3 is 0 Å². The van der Waals surface area contributed by atoms with Gasteiger partial charge in [0.05, 0.1) is 6.61 Å². The Labute approximate surface area is 96.8 Å². The number of nitrogens with one attached hydrogen (secondary N) is 1. The van der Waals surface area contributed by atoms with Crippen molar-refractivity contribution in [2.75, 3.05) is 25.1 Å². The Morgan fingerprint density at radius 1 is 1.25 bits per heavy atom. The van der Waals surface area contributed by atoms with Crippen molar-refractivity contribution in [2.45, 2.75) is 26.2 Å². The van der Waals surface area contributed by atoms with Gasteiger partial charge in [-0.25, -0.2) is 4.39 Å². The van der Waals surface area contributed by atoms with Gasteiger partial charge in [-0.15, -0.1) is 0 Å². The molecular weight excluding hydrogens is 205 g/mol. The van der Waals surface area contributed by atoms with Gasteiger partial charge in [-0.3, -0.25) is 0 Å². The van der Waals surface area contributed by atoms with Crippen molar-refractivity contribution >= 4 is 5.69 Å². The molecule has 0 aliphatic rings. The molecule has 0 radical (unpaired) electrons. The molecule has 0 aromatic heterocycles. The molecule has 0 heterocycles. The summed E-state index contributed by atoms with van der Waals surface area (Å²) >= 11 is 0. The smallest absolute Gasteiger partial charge is 0.125 e. The van der Waals surface area contributed by atoms with Gasteiger partial charge < -0.3 is 10.1 Å². The third kappa shape index (κ3) is 5.71. The second kappa shape index (κ2) is 8.11. The van der Waals surface area contributed by atoms with E-state index in [1.54, 1.807) is 6.07 Å². The van der Waals surface area contributed by atoms with Crippen LogP contribution < -0.4 is 5.32 Å². The largest absolute Gasteiger partial charge is 0.383 e. The maximum Gasteiger partial charge on any atom is 0.125 e. The number of hydrogen-bond donors (Lipinski definition) is 1. The fourth-order valence-corrected chi connectivity index (χ4v) is 1.42. The molecule has 1 aromatic rings. The maximum atomic E-state index is 12.8. The zero-order valence-electron chi connectivity index (χ0n) is 9.84. The Bertz CT molecular complexity index is 291. The summed E-state index contributed by atoms with van der Waals surface area (Å²) in [5.74, 6) is -0.214. The lowest BCUT2D eigenvalue weighted by Crippen LogP contribution is -2.10. The van der Waals surface area contributed by atoms with Gasteiger partial charge in [0, 0.05) is 18.8 Å². The zero-order valence-corrected chi connectivity index (χ0v) is 9.84. The molecule has 0 aliphatic heterocycles. The minimum absolute atomic E-state index is 0.214. The van der Waals surface area contributed by atoms with Gasteiger partial charge in [-0.1, -0.05) is 25.8 Å². The van der Waals surface area contributed by atoms with Gasteiger partial charge in [0.1, 0.15) is 5.82 Å². The van der Waals surface area contributed by atoms with Gasteiger partial charge in [0.15, 0.2) is 0 Å². The van der Waals surface area contributed by atoms with Crippen LogP contribution in [0.4, 0.5) is 10.1 Å². The van der Waals surface area contributed by atoms with Gasteiger partial charge in [-0.2, -0.15) is 0 Å². The number of halogens is 1. The molecule has 0 atom stereocenters. The van der Waals surface area contributed by atoms with E-state index in [0.717, 1.165) is 25.3 Å². The first kappa shape index (κ1) is 13.0. The molecule has 3 heteroatoms. The lowest BCUT2D eigenvalue weighted by Gasteiger charge is -2.07. The number of anilines is 1. The van der Waals surface area contributed by atoms with Gasteiger partial charge in [0.25, 0.3) is 0 Å². The van der Waals surface area contributed by atoms with Crippen molar-refractivity contribution in [1.29, 1.82) is 0 Å². The normalized spacial score (nSPS) is 10.4. The molecule has 0 fully saturated rings. The first-order valence-corrected chi connectivity index (χ1v) is 5.90. The van der Waals surface area contributed by atoms with Crippen molar-refractivity contribution in [1.82, 2.24) is 0 Å². The lowest BCUT2D eigenvalue weighted by molar-refractivity contribution is 0.140. The average Bonchev–Trinajstić information content (AvgIpc) is 2.28. The summed E-state index contributed by atoms with van der Waals surface area (Å²) in [6.07, 6.45) is 3.55. The Balaban J connectivity index is 2.03. The molecule has 0 saturated carbocycles. The Morgan fingerprint density at radius 3 is 2.88 bits per heavy atom. The lowest BCUT2D eigenvalue weighted by atomic mass is 10.3. The Kier molecular flexibility index (Phi) is 6.58. The van der Waals surface area contributed by atoms with Crippen molar-refractivity contribution in [2.24, 2.45) is 0 Å². The number of benzene rings is 1. The van der Waals surface area contributed by atoms with E-state index < -0.39 is 0 Å². The summed E-state index contributed by atoms with van der Waals surface area (Å²) in [4.78, 5) is 0. The van der Waals surface area contributed by atoms with Crippen LogP contribution in [0.15, 0.2) is 24.3 Å². The van der Waals surface area contributed by atoms with E-state index in [0.29, 0.717) is 6.61 Å². The van der Waals surface area contributed by atoms with Crippen molar-refractivity contribution in [3.63, 3.8) is 0 Å². The maximum absolute atomic E-state index is 12.8. The number of ether oxygens (including phenoxy) is 1. The Hall–Kier alpha value is -1.09. The number of unbranched alkanes of at least 4 members (excludes halogenated alkanes) is 2. The highest BCUT2D eigenvalue weighted by molar-refractivity contribution is 5.42. The zero-order chi connectivity index (χ0) is 11.6. The summed E-state index contributed by atoms with van der Waals surface area (Å²) in [6, 6.07) is 6.46. The predicted molar refractivity (Wildman–Crippen MR) is 65.2 cm³/mol. The SMILES string of the molecule is CCCCCOCCNc1cccc(F)c1. The molecule has 1 aromatic carbocycles. The average molecular weight is 225 g/mol. The van der Waals surface area contributed by atoms with E-state index in [2.05, 4.69) is 12.2 Å². The van der Waals surface area contributed by atoms with E-state index in [9.17, 15) is 4.39 Å². The summed E-state index contributed by atoms with van der Waals surface area (Å²) < 4.78 is 18.2. The van der Waals surface area contributed by atoms with Crippen molar-refractivity contribution in [3.05, 3.63) is 30.1 Å². The standard InChI is InChI=1S/C13H20FNO/c1-2-3-4-9-16-10-8-15-13-7-5-6-12(14)11-13/h5-7,11,15H,2-4,8-10H2,1H3. The molecule has 1 rings (SSSR count). The van der Waals surface area contributed by atoms with Crippen LogP contribution >= 0.6 is 0 Å². The van der Waals surface area contributed by atoms with E-state index in [1.807, 2.05) is 6.07 Å². The van der Waals surface area contributed by atoms with Crippen LogP contribution in [0.25, 0.3) is 0 Å². The van der Waals surface area contributed by atoms with Crippen LogP contribution in [0.3, 0.4) is 0 Å². The van der Waals surface area contributed by atoms with Crippen LogP contribution in [-0.2, 0) is 4.74 Å². The van der Waals surface area contributed by atoms with E-state index >= 15 is 0 Å². The van der Waals surface area contributed by atoms with Crippen molar-refractivity contribution < 1.29 is 9.13 Å². The minimum atomic E-state index is -0.214. The minimum Gasteiger partial charge on any atom is -0.383 e. The molecule has 0 saturated heterocycles. The molecule has 1 N–H and O–H groups in total. The van der Waals surface area contributed by atoms with Crippen LogP contribution in [-0.4, -0.2) is 19.8 Å². The van der Waals surface area contributed by atoms with E-state index in [4.69, 9.17) is 4.74 Å².